The molecule has 4 heteroatoms. The van der Waals surface area contributed by atoms with Crippen LogP contribution in [0.15, 0.2) is 12.1 Å². The lowest BCUT2D eigenvalue weighted by Gasteiger charge is -2.29. The highest BCUT2D eigenvalue weighted by atomic mass is 35.5. The Morgan fingerprint density at radius 2 is 1.67 bits per heavy atom. The minimum atomic E-state index is -0.466. The van der Waals surface area contributed by atoms with Crippen molar-refractivity contribution < 1.29 is 4.39 Å². The van der Waals surface area contributed by atoms with Gasteiger partial charge in [0.1, 0.15) is 5.82 Å². The maximum Gasteiger partial charge on any atom is 0.143 e. The van der Waals surface area contributed by atoms with Crippen LogP contribution in [0.4, 0.5) is 15.8 Å². The zero-order valence-electron chi connectivity index (χ0n) is 11.5. The molecule has 2 N–H and O–H groups in total. The number of nitrogen functional groups attached to an aromatic ring is 1. The van der Waals surface area contributed by atoms with Crippen molar-refractivity contribution in [3.8, 4) is 0 Å². The summed E-state index contributed by atoms with van der Waals surface area (Å²) >= 11 is 5.85. The van der Waals surface area contributed by atoms with Gasteiger partial charge in [0.15, 0.2) is 0 Å². The molecular weight excluding hydrogens is 251 g/mol. The Bertz CT molecular complexity index is 395. The lowest BCUT2D eigenvalue weighted by Crippen LogP contribution is -2.32. The van der Waals surface area contributed by atoms with E-state index in [9.17, 15) is 4.39 Å². The molecule has 0 bridgehead atoms. The van der Waals surface area contributed by atoms with Gasteiger partial charge in [0.05, 0.1) is 16.4 Å². The Kier molecular flexibility index (Phi) is 5.27. The Balaban J connectivity index is 3.07. The molecule has 18 heavy (non-hydrogen) atoms. The number of hydrogen-bond donors (Lipinski definition) is 1. The first-order valence-corrected chi connectivity index (χ1v) is 6.68. The van der Waals surface area contributed by atoms with Gasteiger partial charge in [-0.2, -0.15) is 0 Å². The molecule has 0 saturated carbocycles. The largest absolute Gasteiger partial charge is 0.397 e. The van der Waals surface area contributed by atoms with Crippen molar-refractivity contribution in [1.29, 1.82) is 0 Å². The van der Waals surface area contributed by atoms with Gasteiger partial charge in [0.25, 0.3) is 0 Å². The van der Waals surface area contributed by atoms with Crippen LogP contribution >= 0.6 is 11.6 Å². The lowest BCUT2D eigenvalue weighted by molar-refractivity contribution is 0.552. The summed E-state index contributed by atoms with van der Waals surface area (Å²) in [5.74, 6) is 0.547. The van der Waals surface area contributed by atoms with E-state index in [2.05, 4.69) is 32.6 Å². The second-order valence-corrected chi connectivity index (χ2v) is 5.93. The third kappa shape index (κ3) is 4.05. The van der Waals surface area contributed by atoms with E-state index in [-0.39, 0.29) is 5.02 Å². The SMILES string of the molecule is CC(C)CN(CC(C)C)c1cc(Cl)c(F)cc1N. The van der Waals surface area contributed by atoms with Crippen LogP contribution in [0.25, 0.3) is 0 Å². The molecule has 0 aromatic heterocycles. The minimum Gasteiger partial charge on any atom is -0.397 e. The van der Waals surface area contributed by atoms with Gasteiger partial charge in [-0.3, -0.25) is 0 Å². The van der Waals surface area contributed by atoms with Gasteiger partial charge < -0.3 is 10.6 Å². The van der Waals surface area contributed by atoms with Crippen LogP contribution in [0, 0.1) is 17.7 Å². The van der Waals surface area contributed by atoms with Crippen molar-refractivity contribution in [3.63, 3.8) is 0 Å². The normalized spacial score (nSPS) is 11.3. The number of benzene rings is 1. The summed E-state index contributed by atoms with van der Waals surface area (Å²) in [6.45, 7) is 10.3. The number of hydrogen-bond acceptors (Lipinski definition) is 2. The lowest BCUT2D eigenvalue weighted by atomic mass is 10.1. The first-order chi connectivity index (χ1) is 8.31. The van der Waals surface area contributed by atoms with Crippen LogP contribution < -0.4 is 10.6 Å². The van der Waals surface area contributed by atoms with E-state index in [0.717, 1.165) is 18.8 Å². The van der Waals surface area contributed by atoms with Crippen molar-refractivity contribution in [2.24, 2.45) is 11.8 Å². The molecule has 1 rings (SSSR count). The van der Waals surface area contributed by atoms with Crippen LogP contribution in [-0.4, -0.2) is 13.1 Å². The van der Waals surface area contributed by atoms with Crippen molar-refractivity contribution in [1.82, 2.24) is 0 Å². The predicted octanol–water partition coefficient (Wildman–Crippen LogP) is 4.18. The van der Waals surface area contributed by atoms with Crippen molar-refractivity contribution >= 4 is 23.0 Å². The average molecular weight is 273 g/mol. The molecule has 0 aliphatic rings. The molecule has 0 radical (unpaired) electrons. The second-order valence-electron chi connectivity index (χ2n) is 5.52. The fourth-order valence-electron chi connectivity index (χ4n) is 1.98. The number of rotatable bonds is 5. The fourth-order valence-corrected chi connectivity index (χ4v) is 2.14. The predicted molar refractivity (Wildman–Crippen MR) is 77.7 cm³/mol. The Labute approximate surface area is 114 Å². The third-order valence-electron chi connectivity index (χ3n) is 2.58. The van der Waals surface area contributed by atoms with Gasteiger partial charge in [-0.25, -0.2) is 4.39 Å². The first kappa shape index (κ1) is 15.1. The van der Waals surface area contributed by atoms with Crippen molar-refractivity contribution in [3.05, 3.63) is 23.0 Å². The van der Waals surface area contributed by atoms with E-state index in [1.807, 2.05) is 0 Å². The molecule has 102 valence electrons. The summed E-state index contributed by atoms with van der Waals surface area (Å²) in [5, 5.41) is 0.122. The van der Waals surface area contributed by atoms with Crippen LogP contribution in [0.3, 0.4) is 0 Å². The van der Waals surface area contributed by atoms with Gasteiger partial charge in [0.2, 0.25) is 0 Å². The molecule has 1 aromatic carbocycles. The minimum absolute atomic E-state index is 0.122. The van der Waals surface area contributed by atoms with Gasteiger partial charge in [-0.1, -0.05) is 39.3 Å². The molecule has 2 nitrogen and oxygen atoms in total. The Morgan fingerprint density at radius 1 is 1.17 bits per heavy atom. The smallest absolute Gasteiger partial charge is 0.143 e. The average Bonchev–Trinajstić information content (AvgIpc) is 2.21. The van der Waals surface area contributed by atoms with Gasteiger partial charge >= 0.3 is 0 Å². The maximum absolute atomic E-state index is 13.3. The summed E-state index contributed by atoms with van der Waals surface area (Å²) in [6, 6.07) is 2.92. The van der Waals surface area contributed by atoms with Crippen LogP contribution in [0.5, 0.6) is 0 Å². The van der Waals surface area contributed by atoms with E-state index in [1.54, 1.807) is 6.07 Å². The summed E-state index contributed by atoms with van der Waals surface area (Å²) < 4.78 is 13.3. The maximum atomic E-state index is 13.3. The van der Waals surface area contributed by atoms with Crippen LogP contribution in [0.2, 0.25) is 5.02 Å². The second kappa shape index (κ2) is 6.28. The van der Waals surface area contributed by atoms with Gasteiger partial charge in [-0.15, -0.1) is 0 Å². The van der Waals surface area contributed by atoms with Crippen molar-refractivity contribution in [2.75, 3.05) is 23.7 Å². The molecule has 0 aliphatic carbocycles. The molecule has 0 fully saturated rings. The number of anilines is 2. The molecule has 0 atom stereocenters. The molecule has 0 aliphatic heterocycles. The summed E-state index contributed by atoms with van der Waals surface area (Å²) in [6.07, 6.45) is 0. The third-order valence-corrected chi connectivity index (χ3v) is 2.87. The van der Waals surface area contributed by atoms with Crippen molar-refractivity contribution in [2.45, 2.75) is 27.7 Å². The highest BCUT2D eigenvalue weighted by molar-refractivity contribution is 6.31. The van der Waals surface area contributed by atoms with Gasteiger partial charge in [0, 0.05) is 19.2 Å². The summed E-state index contributed by atoms with van der Waals surface area (Å²) in [7, 11) is 0. The zero-order chi connectivity index (χ0) is 13.9. The topological polar surface area (TPSA) is 29.3 Å². The molecule has 0 unspecified atom stereocenters. The molecule has 1 aromatic rings. The van der Waals surface area contributed by atoms with Crippen LogP contribution in [-0.2, 0) is 0 Å². The molecule has 0 amide bonds. The van der Waals surface area contributed by atoms with Gasteiger partial charge in [-0.05, 0) is 17.9 Å². The van der Waals surface area contributed by atoms with E-state index < -0.39 is 5.82 Å². The Hall–Kier alpha value is -0.960. The Morgan fingerprint density at radius 3 is 2.11 bits per heavy atom. The van der Waals surface area contributed by atoms with E-state index in [0.29, 0.717) is 17.5 Å². The molecular formula is C14H22ClFN2. The molecule has 0 heterocycles. The number of halogens is 2. The van der Waals surface area contributed by atoms with E-state index in [4.69, 9.17) is 17.3 Å². The highest BCUT2D eigenvalue weighted by Crippen LogP contribution is 2.30. The first-order valence-electron chi connectivity index (χ1n) is 6.30. The zero-order valence-corrected chi connectivity index (χ0v) is 12.3. The summed E-state index contributed by atoms with van der Waals surface area (Å²) in [4.78, 5) is 2.18. The monoisotopic (exact) mass is 272 g/mol. The van der Waals surface area contributed by atoms with Crippen LogP contribution in [0.1, 0.15) is 27.7 Å². The van der Waals surface area contributed by atoms with E-state index in [1.165, 1.54) is 6.07 Å². The highest BCUT2D eigenvalue weighted by Gasteiger charge is 2.15. The molecule has 0 spiro atoms. The number of nitrogens with two attached hydrogens (primary N) is 1. The molecule has 0 saturated heterocycles. The quantitative estimate of drug-likeness (QED) is 0.815. The number of nitrogens with zero attached hydrogens (tertiary/aromatic N) is 1. The summed E-state index contributed by atoms with van der Waals surface area (Å²) in [5.41, 5.74) is 7.17. The fraction of sp³-hybridized carbons (Fsp3) is 0.571. The standard InChI is InChI=1S/C14H22ClFN2/c1-9(2)7-18(8-10(3)4)14-5-11(15)12(16)6-13(14)17/h5-6,9-10H,7-8,17H2,1-4H3. The van der Waals surface area contributed by atoms with E-state index >= 15 is 0 Å².